The Morgan fingerprint density at radius 3 is 2.52 bits per heavy atom. The molecule has 1 aromatic heterocycles. The summed E-state index contributed by atoms with van der Waals surface area (Å²) in [5.41, 5.74) is 4.33. The molecule has 0 spiro atoms. The van der Waals surface area contributed by atoms with Gasteiger partial charge in [-0.25, -0.2) is 4.98 Å². The van der Waals surface area contributed by atoms with Gasteiger partial charge in [0.25, 0.3) is 11.8 Å². The fraction of sp³-hybridized carbons (Fsp3) is 0.208. The van der Waals surface area contributed by atoms with Gasteiger partial charge < -0.3 is 10.2 Å². The predicted octanol–water partition coefficient (Wildman–Crippen LogP) is 3.34. The van der Waals surface area contributed by atoms with Gasteiger partial charge in [0.1, 0.15) is 0 Å². The highest BCUT2D eigenvalue weighted by Crippen LogP contribution is 2.34. The highest BCUT2D eigenvalue weighted by molar-refractivity contribution is 7.14. The van der Waals surface area contributed by atoms with Crippen LogP contribution in [0.15, 0.2) is 47.8 Å². The second-order valence-corrected chi connectivity index (χ2v) is 8.77. The van der Waals surface area contributed by atoms with Crippen molar-refractivity contribution in [2.45, 2.75) is 19.8 Å². The topological polar surface area (TPSA) is 99.7 Å². The molecule has 166 valence electrons. The first-order valence-electron chi connectivity index (χ1n) is 10.5. The molecule has 0 atom stereocenters. The van der Waals surface area contributed by atoms with Gasteiger partial charge in [-0.05, 0) is 30.2 Å². The molecule has 0 bridgehead atoms. The number of amides is 4. The average molecular weight is 461 g/mol. The van der Waals surface area contributed by atoms with Crippen molar-refractivity contribution in [1.82, 2.24) is 9.88 Å². The number of imide groups is 1. The van der Waals surface area contributed by atoms with Crippen molar-refractivity contribution in [3.05, 3.63) is 64.5 Å². The Hall–Kier alpha value is -3.85. The molecule has 4 amide bonds. The molecule has 0 saturated heterocycles. The number of benzene rings is 2. The van der Waals surface area contributed by atoms with Gasteiger partial charge in [0.2, 0.25) is 11.8 Å². The maximum atomic E-state index is 12.4. The molecule has 3 heterocycles. The fourth-order valence-corrected chi connectivity index (χ4v) is 4.90. The van der Waals surface area contributed by atoms with E-state index in [1.807, 2.05) is 23.6 Å². The van der Waals surface area contributed by atoms with E-state index < -0.39 is 0 Å². The first-order chi connectivity index (χ1) is 15.9. The van der Waals surface area contributed by atoms with Crippen molar-refractivity contribution in [2.24, 2.45) is 0 Å². The van der Waals surface area contributed by atoms with Crippen LogP contribution >= 0.6 is 11.3 Å². The fourth-order valence-electron chi connectivity index (χ4n) is 4.17. The van der Waals surface area contributed by atoms with Crippen LogP contribution in [0, 0.1) is 0 Å². The number of rotatable bonds is 5. The summed E-state index contributed by atoms with van der Waals surface area (Å²) in [5, 5.41) is 5.01. The number of aromatic nitrogens is 1. The third-order valence-corrected chi connectivity index (χ3v) is 6.61. The normalized spacial score (nSPS) is 14.5. The van der Waals surface area contributed by atoms with E-state index in [0.717, 1.165) is 28.1 Å². The van der Waals surface area contributed by atoms with Crippen LogP contribution in [0.2, 0.25) is 0 Å². The van der Waals surface area contributed by atoms with Crippen molar-refractivity contribution >= 4 is 45.8 Å². The van der Waals surface area contributed by atoms with Crippen LogP contribution in [0.3, 0.4) is 0 Å². The van der Waals surface area contributed by atoms with E-state index in [2.05, 4.69) is 10.3 Å². The molecule has 33 heavy (non-hydrogen) atoms. The Morgan fingerprint density at radius 2 is 1.82 bits per heavy atom. The van der Waals surface area contributed by atoms with Crippen LogP contribution in [-0.4, -0.2) is 46.6 Å². The molecule has 2 aliphatic rings. The molecule has 3 aromatic rings. The van der Waals surface area contributed by atoms with Gasteiger partial charge in [-0.1, -0.05) is 24.3 Å². The lowest BCUT2D eigenvalue weighted by molar-refractivity contribution is -0.117. The minimum Gasteiger partial charge on any atom is -0.312 e. The van der Waals surface area contributed by atoms with Crippen LogP contribution in [-0.2, 0) is 16.0 Å². The van der Waals surface area contributed by atoms with Gasteiger partial charge in [0.05, 0.1) is 16.8 Å². The third kappa shape index (κ3) is 3.80. The van der Waals surface area contributed by atoms with E-state index in [-0.39, 0.29) is 36.6 Å². The largest absolute Gasteiger partial charge is 0.312 e. The van der Waals surface area contributed by atoms with Gasteiger partial charge >= 0.3 is 0 Å². The van der Waals surface area contributed by atoms with Crippen molar-refractivity contribution in [2.75, 3.05) is 23.3 Å². The summed E-state index contributed by atoms with van der Waals surface area (Å²) in [5.74, 6) is -1.08. The van der Waals surface area contributed by atoms with E-state index >= 15 is 0 Å². The smallest absolute Gasteiger partial charge is 0.261 e. The number of hydrogen-bond donors (Lipinski definition) is 1. The Balaban J connectivity index is 1.23. The number of nitrogens with one attached hydrogen (secondary N) is 1. The van der Waals surface area contributed by atoms with E-state index in [1.54, 1.807) is 36.1 Å². The van der Waals surface area contributed by atoms with Gasteiger partial charge in [0.15, 0.2) is 5.13 Å². The molecule has 0 fully saturated rings. The average Bonchev–Trinajstić information content (AvgIpc) is 3.50. The SMILES string of the molecule is CC(=O)N1CCc2ccc(-c3csc(NC(=O)CCN4C(=O)c5ccccc5C4=O)n3)cc21. The highest BCUT2D eigenvalue weighted by Gasteiger charge is 2.35. The molecular formula is C24H20N4O4S. The third-order valence-electron chi connectivity index (χ3n) is 5.85. The predicted molar refractivity (Wildman–Crippen MR) is 124 cm³/mol. The number of nitrogens with zero attached hydrogens (tertiary/aromatic N) is 3. The lowest BCUT2D eigenvalue weighted by Gasteiger charge is -2.15. The first kappa shape index (κ1) is 21.0. The maximum absolute atomic E-state index is 12.4. The van der Waals surface area contributed by atoms with Crippen molar-refractivity contribution < 1.29 is 19.2 Å². The minimum atomic E-state index is -0.379. The summed E-state index contributed by atoms with van der Waals surface area (Å²) in [4.78, 5) is 56.5. The molecule has 8 nitrogen and oxygen atoms in total. The van der Waals surface area contributed by atoms with E-state index in [0.29, 0.717) is 28.5 Å². The first-order valence-corrected chi connectivity index (χ1v) is 11.4. The van der Waals surface area contributed by atoms with Crippen LogP contribution < -0.4 is 10.2 Å². The zero-order chi connectivity index (χ0) is 23.1. The van der Waals surface area contributed by atoms with E-state index in [9.17, 15) is 19.2 Å². The number of anilines is 2. The van der Waals surface area contributed by atoms with E-state index in [4.69, 9.17) is 0 Å². The maximum Gasteiger partial charge on any atom is 0.261 e. The Labute approximate surface area is 193 Å². The van der Waals surface area contributed by atoms with E-state index in [1.165, 1.54) is 11.3 Å². The quantitative estimate of drug-likeness (QED) is 0.589. The molecular weight excluding hydrogens is 440 g/mol. The lowest BCUT2D eigenvalue weighted by Crippen LogP contribution is -2.32. The second-order valence-electron chi connectivity index (χ2n) is 7.91. The van der Waals surface area contributed by atoms with Crippen molar-refractivity contribution in [1.29, 1.82) is 0 Å². The number of thiazole rings is 1. The van der Waals surface area contributed by atoms with Crippen LogP contribution in [0.5, 0.6) is 0 Å². The highest BCUT2D eigenvalue weighted by atomic mass is 32.1. The zero-order valence-electron chi connectivity index (χ0n) is 17.8. The molecule has 1 N–H and O–H groups in total. The van der Waals surface area contributed by atoms with Crippen LogP contribution in [0.4, 0.5) is 10.8 Å². The second kappa shape index (κ2) is 8.25. The van der Waals surface area contributed by atoms with Gasteiger partial charge in [-0.3, -0.25) is 24.1 Å². The van der Waals surface area contributed by atoms with Crippen LogP contribution in [0.1, 0.15) is 39.6 Å². The van der Waals surface area contributed by atoms with Crippen molar-refractivity contribution in [3.63, 3.8) is 0 Å². The summed E-state index contributed by atoms with van der Waals surface area (Å²) in [6.45, 7) is 2.24. The zero-order valence-corrected chi connectivity index (χ0v) is 18.6. The standard InChI is InChI=1S/C24H20N4O4S/c1-14(29)27-10-8-15-6-7-16(12-20(15)27)19-13-33-24(25-19)26-21(30)9-11-28-22(31)17-4-2-3-5-18(17)23(28)32/h2-7,12-13H,8-11H2,1H3,(H,25,26,30). The summed E-state index contributed by atoms with van der Waals surface area (Å²) < 4.78 is 0. The molecule has 9 heteroatoms. The molecule has 5 rings (SSSR count). The van der Waals surface area contributed by atoms with Gasteiger partial charge in [0, 0.05) is 43.1 Å². The lowest BCUT2D eigenvalue weighted by atomic mass is 10.1. The number of hydrogen-bond acceptors (Lipinski definition) is 6. The summed E-state index contributed by atoms with van der Waals surface area (Å²) in [7, 11) is 0. The summed E-state index contributed by atoms with van der Waals surface area (Å²) in [6.07, 6.45) is 0.813. The number of carbonyl (C=O) groups excluding carboxylic acids is 4. The Bertz CT molecular complexity index is 1280. The minimum absolute atomic E-state index is 0.00210. The molecule has 0 unspecified atom stereocenters. The van der Waals surface area contributed by atoms with Crippen molar-refractivity contribution in [3.8, 4) is 11.3 Å². The Morgan fingerprint density at radius 1 is 1.09 bits per heavy atom. The molecule has 0 radical (unpaired) electrons. The molecule has 2 aromatic carbocycles. The van der Waals surface area contributed by atoms with Gasteiger partial charge in [-0.15, -0.1) is 11.3 Å². The number of carbonyl (C=O) groups is 4. The van der Waals surface area contributed by atoms with Gasteiger partial charge in [-0.2, -0.15) is 0 Å². The monoisotopic (exact) mass is 460 g/mol. The summed E-state index contributed by atoms with van der Waals surface area (Å²) in [6, 6.07) is 12.6. The molecule has 2 aliphatic heterocycles. The summed E-state index contributed by atoms with van der Waals surface area (Å²) >= 11 is 1.29. The number of fused-ring (bicyclic) bond motifs is 2. The Kier molecular flexibility index (Phi) is 5.26. The molecule has 0 saturated carbocycles. The van der Waals surface area contributed by atoms with Crippen LogP contribution in [0.25, 0.3) is 11.3 Å². The molecule has 0 aliphatic carbocycles.